The van der Waals surface area contributed by atoms with E-state index >= 15 is 0 Å². The summed E-state index contributed by atoms with van der Waals surface area (Å²) in [7, 11) is 0. The Hall–Kier alpha value is -0.420. The van der Waals surface area contributed by atoms with E-state index in [2.05, 4.69) is 36.8 Å². The number of amides is 1. The topological polar surface area (TPSA) is 33.2 Å². The summed E-state index contributed by atoms with van der Waals surface area (Å²) >= 11 is 6.67. The second-order valence-electron chi connectivity index (χ2n) is 3.67. The van der Waals surface area contributed by atoms with Crippen molar-refractivity contribution in [3.63, 3.8) is 0 Å². The van der Waals surface area contributed by atoms with Crippen molar-refractivity contribution in [2.75, 3.05) is 11.9 Å². The van der Waals surface area contributed by atoms with Gasteiger partial charge in [0.05, 0.1) is 5.56 Å². The molecule has 0 unspecified atom stereocenters. The Morgan fingerprint density at radius 1 is 1.50 bits per heavy atom. The van der Waals surface area contributed by atoms with E-state index in [-0.39, 0.29) is 11.9 Å². The third-order valence-corrected chi connectivity index (χ3v) is 2.95. The van der Waals surface area contributed by atoms with Gasteiger partial charge in [0.2, 0.25) is 0 Å². The molecule has 0 bridgehead atoms. The minimum absolute atomic E-state index is 0.0169. The summed E-state index contributed by atoms with van der Waals surface area (Å²) < 4.78 is 0.820. The highest BCUT2D eigenvalue weighted by atomic mass is 79.9. The molecule has 1 rings (SSSR count). The molecule has 88 valence electrons. The molecule has 0 aliphatic heterocycles. The molecule has 16 heavy (non-hydrogen) atoms. The summed E-state index contributed by atoms with van der Waals surface area (Å²) in [5.74, 6) is 0.0169. The monoisotopic (exact) mass is 348 g/mol. The molecule has 0 saturated carbocycles. The van der Waals surface area contributed by atoms with Gasteiger partial charge in [-0.15, -0.1) is 0 Å². The minimum atomic E-state index is 0.0169. The van der Waals surface area contributed by atoms with E-state index < -0.39 is 0 Å². The molecule has 0 saturated heterocycles. The first kappa shape index (κ1) is 13.6. The molecule has 0 atom stereocenters. The van der Waals surface area contributed by atoms with E-state index in [0.29, 0.717) is 12.1 Å². The van der Waals surface area contributed by atoms with Crippen molar-refractivity contribution >= 4 is 37.8 Å². The van der Waals surface area contributed by atoms with Gasteiger partial charge in [0.15, 0.2) is 0 Å². The van der Waals surface area contributed by atoms with Crippen molar-refractivity contribution in [3.8, 4) is 0 Å². The summed E-state index contributed by atoms with van der Waals surface area (Å²) in [6.07, 6.45) is 3.26. The number of halogens is 2. The smallest absolute Gasteiger partial charge is 0.255 e. The maximum Gasteiger partial charge on any atom is 0.255 e. The quantitative estimate of drug-likeness (QED) is 0.782. The summed E-state index contributed by atoms with van der Waals surface area (Å²) in [5.41, 5.74) is 0.615. The van der Waals surface area contributed by atoms with Crippen molar-refractivity contribution in [3.05, 3.63) is 28.5 Å². The molecule has 0 aliphatic rings. The first-order valence-electron chi connectivity index (χ1n) is 5.03. The minimum Gasteiger partial charge on any atom is -0.335 e. The van der Waals surface area contributed by atoms with Crippen LogP contribution in [0.15, 0.2) is 22.9 Å². The number of aromatic nitrogens is 1. The molecule has 0 aromatic carbocycles. The number of nitrogens with zero attached hydrogens (tertiary/aromatic N) is 2. The highest BCUT2D eigenvalue weighted by Crippen LogP contribution is 2.13. The van der Waals surface area contributed by atoms with Crippen LogP contribution < -0.4 is 0 Å². The van der Waals surface area contributed by atoms with E-state index in [1.807, 2.05) is 18.7 Å². The molecular weight excluding hydrogens is 336 g/mol. The lowest BCUT2D eigenvalue weighted by atomic mass is 10.2. The van der Waals surface area contributed by atoms with Crippen LogP contribution in [-0.2, 0) is 0 Å². The van der Waals surface area contributed by atoms with E-state index in [4.69, 9.17) is 0 Å². The zero-order valence-corrected chi connectivity index (χ0v) is 12.5. The number of rotatable bonds is 4. The fraction of sp³-hybridized carbons (Fsp3) is 0.455. The van der Waals surface area contributed by atoms with Crippen LogP contribution in [0, 0.1) is 0 Å². The average molecular weight is 350 g/mol. The van der Waals surface area contributed by atoms with Crippen LogP contribution in [0.4, 0.5) is 0 Å². The molecule has 5 heteroatoms. The molecule has 1 aromatic rings. The van der Waals surface area contributed by atoms with Gasteiger partial charge in [-0.1, -0.05) is 15.9 Å². The Bertz CT molecular complexity index is 369. The van der Waals surface area contributed by atoms with Gasteiger partial charge in [0.1, 0.15) is 0 Å². The molecule has 0 radical (unpaired) electrons. The SMILES string of the molecule is CC(C)N(CCBr)C(=O)c1cncc(Br)c1. The van der Waals surface area contributed by atoms with Crippen LogP contribution >= 0.6 is 31.9 Å². The third kappa shape index (κ3) is 3.56. The highest BCUT2D eigenvalue weighted by molar-refractivity contribution is 9.10. The zero-order valence-electron chi connectivity index (χ0n) is 9.28. The largest absolute Gasteiger partial charge is 0.335 e. The molecule has 1 aromatic heterocycles. The van der Waals surface area contributed by atoms with Crippen LogP contribution in [0.5, 0.6) is 0 Å². The molecule has 0 spiro atoms. The Balaban J connectivity index is 2.90. The third-order valence-electron chi connectivity index (χ3n) is 2.16. The van der Waals surface area contributed by atoms with Crippen LogP contribution in [0.25, 0.3) is 0 Å². The van der Waals surface area contributed by atoms with Gasteiger partial charge in [0.25, 0.3) is 5.91 Å². The van der Waals surface area contributed by atoms with Crippen molar-refractivity contribution in [2.24, 2.45) is 0 Å². The van der Waals surface area contributed by atoms with E-state index in [1.165, 1.54) is 0 Å². The van der Waals surface area contributed by atoms with Gasteiger partial charge in [-0.25, -0.2) is 0 Å². The second kappa shape index (κ2) is 6.35. The fourth-order valence-electron chi connectivity index (χ4n) is 1.38. The zero-order chi connectivity index (χ0) is 12.1. The Labute approximate surface area is 112 Å². The number of pyridine rings is 1. The Kier molecular flexibility index (Phi) is 5.41. The highest BCUT2D eigenvalue weighted by Gasteiger charge is 2.18. The van der Waals surface area contributed by atoms with Gasteiger partial charge in [-0.2, -0.15) is 0 Å². The Morgan fingerprint density at radius 2 is 2.19 bits per heavy atom. The molecule has 0 aliphatic carbocycles. The number of carbonyl (C=O) groups is 1. The molecule has 1 amide bonds. The van der Waals surface area contributed by atoms with E-state index in [0.717, 1.165) is 9.80 Å². The summed E-state index contributed by atoms with van der Waals surface area (Å²) in [5, 5.41) is 0.776. The van der Waals surface area contributed by atoms with E-state index in [1.54, 1.807) is 18.5 Å². The lowest BCUT2D eigenvalue weighted by molar-refractivity contribution is 0.0719. The molecule has 1 heterocycles. The van der Waals surface area contributed by atoms with Crippen molar-refractivity contribution < 1.29 is 4.79 Å². The van der Waals surface area contributed by atoms with Gasteiger partial charge in [-0.3, -0.25) is 9.78 Å². The van der Waals surface area contributed by atoms with E-state index in [9.17, 15) is 4.79 Å². The number of carbonyl (C=O) groups excluding carboxylic acids is 1. The standard InChI is InChI=1S/C11H14Br2N2O/c1-8(2)15(4-3-12)11(16)9-5-10(13)7-14-6-9/h5-8H,3-4H2,1-2H3. The average Bonchev–Trinajstić information content (AvgIpc) is 2.24. The van der Waals surface area contributed by atoms with Crippen molar-refractivity contribution in [2.45, 2.75) is 19.9 Å². The number of hydrogen-bond acceptors (Lipinski definition) is 2. The first-order valence-corrected chi connectivity index (χ1v) is 6.95. The van der Waals surface area contributed by atoms with Crippen LogP contribution in [0.1, 0.15) is 24.2 Å². The molecular formula is C11H14Br2N2O. The first-order chi connectivity index (χ1) is 7.56. The molecule has 0 N–H and O–H groups in total. The summed E-state index contributed by atoms with van der Waals surface area (Å²) in [4.78, 5) is 18.0. The summed E-state index contributed by atoms with van der Waals surface area (Å²) in [6, 6.07) is 1.97. The predicted octanol–water partition coefficient (Wildman–Crippen LogP) is 3.09. The predicted molar refractivity (Wildman–Crippen MR) is 71.9 cm³/mol. The lowest BCUT2D eigenvalue weighted by Crippen LogP contribution is -2.38. The van der Waals surface area contributed by atoms with Crippen LogP contribution in [-0.4, -0.2) is 33.7 Å². The maximum absolute atomic E-state index is 12.2. The van der Waals surface area contributed by atoms with Crippen molar-refractivity contribution in [1.82, 2.24) is 9.88 Å². The second-order valence-corrected chi connectivity index (χ2v) is 5.38. The van der Waals surface area contributed by atoms with Crippen LogP contribution in [0.3, 0.4) is 0 Å². The molecule has 0 fully saturated rings. The van der Waals surface area contributed by atoms with Gasteiger partial charge in [-0.05, 0) is 35.8 Å². The number of alkyl halides is 1. The van der Waals surface area contributed by atoms with Gasteiger partial charge >= 0.3 is 0 Å². The van der Waals surface area contributed by atoms with Gasteiger partial charge < -0.3 is 4.90 Å². The van der Waals surface area contributed by atoms with Crippen LogP contribution in [0.2, 0.25) is 0 Å². The number of hydrogen-bond donors (Lipinski definition) is 0. The molecule has 3 nitrogen and oxygen atoms in total. The Morgan fingerprint density at radius 3 is 2.69 bits per heavy atom. The lowest BCUT2D eigenvalue weighted by Gasteiger charge is -2.25. The van der Waals surface area contributed by atoms with Gasteiger partial charge in [0, 0.05) is 34.8 Å². The normalized spacial score (nSPS) is 10.6. The van der Waals surface area contributed by atoms with Crippen molar-refractivity contribution in [1.29, 1.82) is 0 Å². The summed E-state index contributed by atoms with van der Waals surface area (Å²) in [6.45, 7) is 4.71. The maximum atomic E-state index is 12.2. The fourth-order valence-corrected chi connectivity index (χ4v) is 2.13.